The molecule has 0 aliphatic carbocycles. The molecular formula is C37H35Cl2N5O3. The van der Waals surface area contributed by atoms with Gasteiger partial charge in [-0.2, -0.15) is 0 Å². The van der Waals surface area contributed by atoms with E-state index in [1.165, 1.54) is 7.11 Å². The summed E-state index contributed by atoms with van der Waals surface area (Å²) in [6, 6.07) is 30.3. The zero-order valence-corrected chi connectivity index (χ0v) is 27.6. The van der Waals surface area contributed by atoms with Crippen LogP contribution in [0.5, 0.6) is 11.5 Å². The van der Waals surface area contributed by atoms with Gasteiger partial charge in [0.1, 0.15) is 5.75 Å². The fraction of sp³-hybridized carbons (Fsp3) is 0.162. The number of carbonyl (C=O) groups is 1. The number of carbonyl (C=O) groups excluding carboxylic acids is 1. The third kappa shape index (κ3) is 9.72. The first kappa shape index (κ1) is 33.3. The molecule has 0 saturated carbocycles. The number of esters is 1. The van der Waals surface area contributed by atoms with Gasteiger partial charge in [-0.25, -0.2) is 4.79 Å². The predicted molar refractivity (Wildman–Crippen MR) is 194 cm³/mol. The molecular weight excluding hydrogens is 633 g/mol. The van der Waals surface area contributed by atoms with E-state index in [2.05, 4.69) is 20.9 Å². The summed E-state index contributed by atoms with van der Waals surface area (Å²) in [4.78, 5) is 21.0. The summed E-state index contributed by atoms with van der Waals surface area (Å²) in [6.07, 6.45) is 5.33. The second-order valence-electron chi connectivity index (χ2n) is 10.6. The number of guanidine groups is 1. The van der Waals surface area contributed by atoms with Crippen LogP contribution in [0.4, 0.5) is 17.1 Å². The van der Waals surface area contributed by atoms with Crippen molar-refractivity contribution in [1.82, 2.24) is 4.98 Å². The number of methoxy groups -OCH3 is 1. The standard InChI is InChI=1S/C37H35Cl2N5O3/c1-25(36(45)46-2)23-26-9-16-30(17-10-26)47-35-8-4-3-7-33(35)44-37(43-29-14-11-27(38)12-15-29)42-21-6-5-20-40-32-19-22-41-34-24-28(39)13-18-31(32)34/h3-4,7-19,22-24H,5-6,20-21H2,1-2H3,(H,40,41)(H2,42,43,44)/b25-23+. The number of pyridine rings is 1. The average molecular weight is 669 g/mol. The maximum Gasteiger partial charge on any atom is 0.333 e. The largest absolute Gasteiger partial charge is 0.466 e. The minimum Gasteiger partial charge on any atom is -0.466 e. The summed E-state index contributed by atoms with van der Waals surface area (Å²) in [5.74, 6) is 1.49. The van der Waals surface area contributed by atoms with Gasteiger partial charge in [-0.3, -0.25) is 9.98 Å². The van der Waals surface area contributed by atoms with Gasteiger partial charge >= 0.3 is 5.97 Å². The van der Waals surface area contributed by atoms with Gasteiger partial charge in [-0.05, 0) is 104 Å². The topological polar surface area (TPSA) is 96.9 Å². The van der Waals surface area contributed by atoms with Gasteiger partial charge in [0.15, 0.2) is 11.7 Å². The summed E-state index contributed by atoms with van der Waals surface area (Å²) < 4.78 is 11.0. The zero-order valence-electron chi connectivity index (χ0n) is 26.1. The average Bonchev–Trinajstić information content (AvgIpc) is 3.08. The molecule has 0 atom stereocenters. The zero-order chi connectivity index (χ0) is 33.0. The molecule has 5 rings (SSSR count). The van der Waals surface area contributed by atoms with Crippen LogP contribution in [0.2, 0.25) is 10.0 Å². The number of hydrogen-bond acceptors (Lipinski definition) is 6. The Labute approximate surface area is 284 Å². The van der Waals surface area contributed by atoms with Gasteiger partial charge < -0.3 is 25.4 Å². The lowest BCUT2D eigenvalue weighted by molar-refractivity contribution is -0.135. The molecule has 240 valence electrons. The van der Waals surface area contributed by atoms with Crippen molar-refractivity contribution in [3.05, 3.63) is 124 Å². The Morgan fingerprint density at radius 2 is 1.64 bits per heavy atom. The summed E-state index contributed by atoms with van der Waals surface area (Å²) in [7, 11) is 1.37. The monoisotopic (exact) mass is 667 g/mol. The number of nitrogens with zero attached hydrogens (tertiary/aromatic N) is 2. The van der Waals surface area contributed by atoms with Crippen molar-refractivity contribution < 1.29 is 14.3 Å². The van der Waals surface area contributed by atoms with Crippen molar-refractivity contribution in [2.45, 2.75) is 19.8 Å². The molecule has 0 spiro atoms. The number of hydrogen-bond donors (Lipinski definition) is 3. The maximum atomic E-state index is 11.7. The number of benzene rings is 4. The highest BCUT2D eigenvalue weighted by Gasteiger charge is 2.10. The number of nitrogens with one attached hydrogen (secondary N) is 3. The lowest BCUT2D eigenvalue weighted by atomic mass is 10.1. The van der Waals surface area contributed by atoms with E-state index in [1.54, 1.807) is 19.2 Å². The SMILES string of the molecule is COC(=O)/C(C)=C/c1ccc(Oc2ccccc2NC(=NCCCCNc2ccnc3cc(Cl)ccc23)Nc2ccc(Cl)cc2)cc1. The van der Waals surface area contributed by atoms with E-state index in [1.807, 2.05) is 97.1 Å². The van der Waals surface area contributed by atoms with E-state index in [0.717, 1.165) is 52.9 Å². The highest BCUT2D eigenvalue weighted by atomic mass is 35.5. The van der Waals surface area contributed by atoms with E-state index >= 15 is 0 Å². The molecule has 47 heavy (non-hydrogen) atoms. The number of aliphatic imine (C=N–C) groups is 1. The Kier molecular flexibility index (Phi) is 11.7. The summed E-state index contributed by atoms with van der Waals surface area (Å²) in [5, 5.41) is 12.7. The van der Waals surface area contributed by atoms with Crippen molar-refractivity contribution in [2.24, 2.45) is 4.99 Å². The fourth-order valence-corrected chi connectivity index (χ4v) is 5.01. The van der Waals surface area contributed by atoms with E-state index in [9.17, 15) is 4.79 Å². The van der Waals surface area contributed by atoms with Gasteiger partial charge in [0.2, 0.25) is 0 Å². The van der Waals surface area contributed by atoms with Gasteiger partial charge in [0.25, 0.3) is 0 Å². The van der Waals surface area contributed by atoms with Crippen molar-refractivity contribution in [2.75, 3.05) is 36.1 Å². The molecule has 0 radical (unpaired) electrons. The van der Waals surface area contributed by atoms with Gasteiger partial charge in [0.05, 0.1) is 18.3 Å². The fourth-order valence-electron chi connectivity index (χ4n) is 4.72. The normalized spacial score (nSPS) is 11.7. The second-order valence-corrected chi connectivity index (χ2v) is 11.5. The predicted octanol–water partition coefficient (Wildman–Crippen LogP) is 9.68. The number of halogens is 2. The Morgan fingerprint density at radius 1 is 0.872 bits per heavy atom. The number of unbranched alkanes of at least 4 members (excludes halogenated alkanes) is 1. The molecule has 0 amide bonds. The van der Waals surface area contributed by atoms with Crippen LogP contribution >= 0.6 is 23.2 Å². The summed E-state index contributed by atoms with van der Waals surface area (Å²) in [5.41, 5.74) is 4.85. The molecule has 5 aromatic rings. The lowest BCUT2D eigenvalue weighted by Gasteiger charge is -2.16. The van der Waals surface area contributed by atoms with Crippen molar-refractivity contribution >= 4 is 69.2 Å². The van der Waals surface area contributed by atoms with Gasteiger partial charge in [-0.1, -0.05) is 47.5 Å². The molecule has 0 saturated heterocycles. The van der Waals surface area contributed by atoms with E-state index in [0.29, 0.717) is 39.6 Å². The molecule has 0 aliphatic heterocycles. The van der Waals surface area contributed by atoms with Crippen molar-refractivity contribution in [3.8, 4) is 11.5 Å². The first-order chi connectivity index (χ1) is 22.9. The van der Waals surface area contributed by atoms with Crippen LogP contribution in [-0.2, 0) is 9.53 Å². The molecule has 1 aromatic heterocycles. The smallest absolute Gasteiger partial charge is 0.333 e. The van der Waals surface area contributed by atoms with Crippen LogP contribution in [0.25, 0.3) is 17.0 Å². The molecule has 0 bridgehead atoms. The molecule has 10 heteroatoms. The molecule has 1 heterocycles. The Bertz CT molecular complexity index is 1880. The van der Waals surface area contributed by atoms with E-state index < -0.39 is 0 Å². The van der Waals surface area contributed by atoms with E-state index in [4.69, 9.17) is 37.7 Å². The first-order valence-corrected chi connectivity index (χ1v) is 15.9. The second kappa shape index (κ2) is 16.5. The Hall–Kier alpha value is -5.05. The number of ether oxygens (including phenoxy) is 2. The van der Waals surface area contributed by atoms with Gasteiger partial charge in [-0.15, -0.1) is 0 Å². The number of para-hydroxylation sites is 2. The Morgan fingerprint density at radius 3 is 2.43 bits per heavy atom. The molecule has 3 N–H and O–H groups in total. The molecule has 8 nitrogen and oxygen atoms in total. The maximum absolute atomic E-state index is 11.7. The minimum absolute atomic E-state index is 0.364. The number of rotatable bonds is 12. The summed E-state index contributed by atoms with van der Waals surface area (Å²) in [6.45, 7) is 3.10. The number of anilines is 3. The highest BCUT2D eigenvalue weighted by Crippen LogP contribution is 2.30. The third-order valence-corrected chi connectivity index (χ3v) is 7.61. The lowest BCUT2D eigenvalue weighted by Crippen LogP contribution is -2.23. The van der Waals surface area contributed by atoms with Crippen molar-refractivity contribution in [1.29, 1.82) is 0 Å². The number of fused-ring (bicyclic) bond motifs is 1. The minimum atomic E-state index is -0.364. The first-order valence-electron chi connectivity index (χ1n) is 15.1. The van der Waals surface area contributed by atoms with Crippen LogP contribution in [0.15, 0.2) is 114 Å². The number of aromatic nitrogens is 1. The van der Waals surface area contributed by atoms with Crippen molar-refractivity contribution in [3.63, 3.8) is 0 Å². The van der Waals surface area contributed by atoms with Crippen LogP contribution in [0, 0.1) is 0 Å². The molecule has 0 unspecified atom stereocenters. The van der Waals surface area contributed by atoms with Crippen LogP contribution in [0.1, 0.15) is 25.3 Å². The van der Waals surface area contributed by atoms with E-state index in [-0.39, 0.29) is 5.97 Å². The van der Waals surface area contributed by atoms with Gasteiger partial charge in [0, 0.05) is 51.7 Å². The molecule has 0 aliphatic rings. The molecule has 4 aromatic carbocycles. The molecule has 0 fully saturated rings. The van der Waals surface area contributed by atoms with Crippen LogP contribution in [-0.4, -0.2) is 37.1 Å². The Balaban J connectivity index is 1.24. The third-order valence-electron chi connectivity index (χ3n) is 7.12. The van der Waals surface area contributed by atoms with Crippen LogP contribution in [0.3, 0.4) is 0 Å². The highest BCUT2D eigenvalue weighted by molar-refractivity contribution is 6.31. The summed E-state index contributed by atoms with van der Waals surface area (Å²) >= 11 is 12.3. The quantitative estimate of drug-likeness (QED) is 0.0401. The van der Waals surface area contributed by atoms with Crippen LogP contribution < -0.4 is 20.7 Å².